The third-order valence-electron chi connectivity index (χ3n) is 3.45. The second-order valence-electron chi connectivity index (χ2n) is 5.16. The molecule has 1 amide bonds. The van der Waals surface area contributed by atoms with Gasteiger partial charge in [-0.2, -0.15) is 0 Å². The molecule has 5 heteroatoms. The summed E-state index contributed by atoms with van der Waals surface area (Å²) in [5.41, 5.74) is 1.05. The normalized spacial score (nSPS) is 25.6. The molecule has 2 aliphatic carbocycles. The van der Waals surface area contributed by atoms with E-state index in [0.29, 0.717) is 12.8 Å². The lowest BCUT2D eigenvalue weighted by Crippen LogP contribution is -2.42. The predicted octanol–water partition coefficient (Wildman–Crippen LogP) is 3.57. The van der Waals surface area contributed by atoms with Crippen LogP contribution in [0.1, 0.15) is 38.5 Å². The van der Waals surface area contributed by atoms with Crippen LogP contribution in [0.4, 0.5) is 13.6 Å². The lowest BCUT2D eigenvalue weighted by atomic mass is 9.92. The van der Waals surface area contributed by atoms with Crippen molar-refractivity contribution in [1.82, 2.24) is 5.32 Å². The zero-order chi connectivity index (χ0) is 13.7. The van der Waals surface area contributed by atoms with E-state index in [2.05, 4.69) is 5.32 Å². The van der Waals surface area contributed by atoms with Crippen molar-refractivity contribution >= 4 is 6.09 Å². The number of ether oxygens (including phenoxy) is 1. The summed E-state index contributed by atoms with van der Waals surface area (Å²) in [6.07, 6.45) is 7.80. The second-order valence-corrected chi connectivity index (χ2v) is 5.16. The van der Waals surface area contributed by atoms with Crippen LogP contribution >= 0.6 is 0 Å². The van der Waals surface area contributed by atoms with Crippen LogP contribution in [0.3, 0.4) is 0 Å². The van der Waals surface area contributed by atoms with Crippen LogP contribution in [0.25, 0.3) is 0 Å². The minimum absolute atomic E-state index is 0.0839. The summed E-state index contributed by atoms with van der Waals surface area (Å²) in [5.74, 6) is -2.66. The maximum absolute atomic E-state index is 13.2. The van der Waals surface area contributed by atoms with Gasteiger partial charge in [-0.3, -0.25) is 0 Å². The number of carbonyl (C=O) groups excluding carboxylic acids is 1. The molecule has 0 heterocycles. The van der Waals surface area contributed by atoms with Crippen molar-refractivity contribution in [3.63, 3.8) is 0 Å². The topological polar surface area (TPSA) is 38.3 Å². The Morgan fingerprint density at radius 3 is 3.05 bits per heavy atom. The number of alkyl carbamates (subject to hydrolysis) is 1. The molecule has 1 N–H and O–H groups in total. The first-order chi connectivity index (χ1) is 9.05. The van der Waals surface area contributed by atoms with Crippen molar-refractivity contribution in [1.29, 1.82) is 0 Å². The van der Waals surface area contributed by atoms with E-state index in [1.807, 2.05) is 18.2 Å². The molecule has 0 aromatic rings. The van der Waals surface area contributed by atoms with Gasteiger partial charge in [0.1, 0.15) is 6.61 Å². The number of allylic oxidation sites excluding steroid dienone is 3. The molecule has 0 aromatic heterocycles. The fourth-order valence-electron chi connectivity index (χ4n) is 2.43. The Labute approximate surface area is 111 Å². The summed E-state index contributed by atoms with van der Waals surface area (Å²) >= 11 is 0. The Kier molecular flexibility index (Phi) is 4.56. The molecule has 1 saturated carbocycles. The van der Waals surface area contributed by atoms with Gasteiger partial charge in [-0.15, -0.1) is 0 Å². The monoisotopic (exact) mass is 271 g/mol. The van der Waals surface area contributed by atoms with Crippen LogP contribution < -0.4 is 5.32 Å². The fourth-order valence-corrected chi connectivity index (χ4v) is 2.43. The van der Waals surface area contributed by atoms with E-state index in [4.69, 9.17) is 4.74 Å². The highest BCUT2D eigenvalue weighted by molar-refractivity contribution is 5.67. The molecule has 0 saturated heterocycles. The van der Waals surface area contributed by atoms with E-state index >= 15 is 0 Å². The first kappa shape index (κ1) is 14.0. The van der Waals surface area contributed by atoms with Crippen LogP contribution in [-0.4, -0.2) is 24.7 Å². The van der Waals surface area contributed by atoms with E-state index in [-0.39, 0.29) is 19.4 Å². The Morgan fingerprint density at radius 2 is 2.37 bits per heavy atom. The highest BCUT2D eigenvalue weighted by Gasteiger charge is 2.36. The lowest BCUT2D eigenvalue weighted by Gasteiger charge is -2.29. The predicted molar refractivity (Wildman–Crippen MR) is 68.1 cm³/mol. The maximum Gasteiger partial charge on any atom is 0.407 e. The second kappa shape index (κ2) is 6.17. The number of hydrogen-bond donors (Lipinski definition) is 1. The number of nitrogens with one attached hydrogen (secondary N) is 1. The van der Waals surface area contributed by atoms with Crippen LogP contribution in [0.5, 0.6) is 0 Å². The number of amides is 1. The third-order valence-corrected chi connectivity index (χ3v) is 3.45. The van der Waals surface area contributed by atoms with E-state index in [1.165, 1.54) is 0 Å². The molecule has 0 radical (unpaired) electrons. The quantitative estimate of drug-likeness (QED) is 0.852. The van der Waals surface area contributed by atoms with Crippen molar-refractivity contribution in [2.24, 2.45) is 0 Å². The summed E-state index contributed by atoms with van der Waals surface area (Å²) in [7, 11) is 0. The summed E-state index contributed by atoms with van der Waals surface area (Å²) in [5, 5.41) is 2.53. The molecule has 2 aliphatic rings. The number of hydrogen-bond acceptors (Lipinski definition) is 2. The number of carbonyl (C=O) groups is 1. The highest BCUT2D eigenvalue weighted by atomic mass is 19.3. The number of halogens is 2. The average Bonchev–Trinajstić information content (AvgIpc) is 2.36. The average molecular weight is 271 g/mol. The molecule has 19 heavy (non-hydrogen) atoms. The Morgan fingerprint density at radius 1 is 1.53 bits per heavy atom. The Bertz CT molecular complexity index is 391. The van der Waals surface area contributed by atoms with Crippen molar-refractivity contribution in [3.8, 4) is 0 Å². The van der Waals surface area contributed by atoms with Gasteiger partial charge in [0.2, 0.25) is 5.92 Å². The molecule has 1 fully saturated rings. The molecular weight excluding hydrogens is 252 g/mol. The first-order valence-corrected chi connectivity index (χ1v) is 6.71. The smallest absolute Gasteiger partial charge is 0.407 e. The Hall–Kier alpha value is -1.39. The van der Waals surface area contributed by atoms with Crippen LogP contribution in [0.15, 0.2) is 23.8 Å². The van der Waals surface area contributed by atoms with Crippen molar-refractivity contribution in [3.05, 3.63) is 23.8 Å². The molecule has 0 bridgehead atoms. The highest BCUT2D eigenvalue weighted by Crippen LogP contribution is 2.33. The zero-order valence-corrected chi connectivity index (χ0v) is 10.8. The van der Waals surface area contributed by atoms with Gasteiger partial charge < -0.3 is 10.1 Å². The molecule has 3 nitrogen and oxygen atoms in total. The lowest BCUT2D eigenvalue weighted by molar-refractivity contribution is -0.0434. The van der Waals surface area contributed by atoms with Crippen molar-refractivity contribution in [2.45, 2.75) is 50.5 Å². The van der Waals surface area contributed by atoms with E-state index in [9.17, 15) is 13.6 Å². The van der Waals surface area contributed by atoms with Gasteiger partial charge in [-0.25, -0.2) is 13.6 Å². The third kappa shape index (κ3) is 4.65. The number of rotatable bonds is 3. The molecule has 0 aromatic carbocycles. The molecule has 0 aliphatic heterocycles. The van der Waals surface area contributed by atoms with Crippen LogP contribution in [0, 0.1) is 0 Å². The summed E-state index contributed by atoms with van der Waals surface area (Å²) in [6, 6.07) is -0.475. The minimum Gasteiger partial charge on any atom is -0.445 e. The molecule has 2 rings (SSSR count). The van der Waals surface area contributed by atoms with E-state index in [1.54, 1.807) is 0 Å². The zero-order valence-electron chi connectivity index (χ0n) is 10.8. The standard InChI is InChI=1S/C14H19F2NO2/c15-14(16)8-4-7-12(9-14)17-13(18)19-10-11-5-2-1-3-6-11/h1-2,5,12H,3-4,6-10H2,(H,17,18)/t12-/m1/s1. The van der Waals surface area contributed by atoms with Gasteiger partial charge in [0.15, 0.2) is 0 Å². The molecule has 0 unspecified atom stereocenters. The SMILES string of the molecule is O=C(N[C@@H]1CCCC(F)(F)C1)OCC1=CC=CCC1. The Balaban J connectivity index is 1.72. The molecule has 1 atom stereocenters. The van der Waals surface area contributed by atoms with Gasteiger partial charge in [-0.05, 0) is 31.3 Å². The van der Waals surface area contributed by atoms with Crippen molar-refractivity contribution < 1.29 is 18.3 Å². The number of alkyl halides is 2. The van der Waals surface area contributed by atoms with Crippen molar-refractivity contribution in [2.75, 3.05) is 6.61 Å². The van der Waals surface area contributed by atoms with Gasteiger partial charge >= 0.3 is 6.09 Å². The fraction of sp³-hybridized carbons (Fsp3) is 0.643. The maximum atomic E-state index is 13.2. The molecular formula is C14H19F2NO2. The summed E-state index contributed by atoms with van der Waals surface area (Å²) in [4.78, 5) is 11.5. The molecule has 106 valence electrons. The van der Waals surface area contributed by atoms with Gasteiger partial charge in [-0.1, -0.05) is 18.2 Å². The van der Waals surface area contributed by atoms with Gasteiger partial charge in [0.05, 0.1) is 0 Å². The van der Waals surface area contributed by atoms with Gasteiger partial charge in [0.25, 0.3) is 0 Å². The van der Waals surface area contributed by atoms with E-state index in [0.717, 1.165) is 18.4 Å². The minimum atomic E-state index is -2.66. The molecule has 0 spiro atoms. The first-order valence-electron chi connectivity index (χ1n) is 6.71. The van der Waals surface area contributed by atoms with Gasteiger partial charge in [0, 0.05) is 18.9 Å². The summed E-state index contributed by atoms with van der Waals surface area (Å²) in [6.45, 7) is 0.235. The van der Waals surface area contributed by atoms with Crippen LogP contribution in [-0.2, 0) is 4.74 Å². The van der Waals surface area contributed by atoms with E-state index < -0.39 is 18.1 Å². The summed E-state index contributed by atoms with van der Waals surface area (Å²) < 4.78 is 31.4. The largest absolute Gasteiger partial charge is 0.445 e. The van der Waals surface area contributed by atoms with Crippen LogP contribution in [0.2, 0.25) is 0 Å².